The van der Waals surface area contributed by atoms with Gasteiger partial charge in [0.15, 0.2) is 0 Å². The van der Waals surface area contributed by atoms with Gasteiger partial charge in [-0.2, -0.15) is 0 Å². The first-order valence-electron chi connectivity index (χ1n) is 5.80. The van der Waals surface area contributed by atoms with E-state index in [-0.39, 0.29) is 12.6 Å². The van der Waals surface area contributed by atoms with Gasteiger partial charge in [-0.15, -0.1) is 0 Å². The largest absolute Gasteiger partial charge is 0.492 e. The molecule has 3 nitrogen and oxygen atoms in total. The van der Waals surface area contributed by atoms with Crippen molar-refractivity contribution >= 4 is 0 Å². The number of ether oxygens (including phenoxy) is 1. The van der Waals surface area contributed by atoms with E-state index in [1.807, 2.05) is 31.2 Å². The van der Waals surface area contributed by atoms with Crippen molar-refractivity contribution in [3.63, 3.8) is 0 Å². The van der Waals surface area contributed by atoms with Crippen molar-refractivity contribution in [1.29, 1.82) is 0 Å². The van der Waals surface area contributed by atoms with Gasteiger partial charge in [0.25, 0.3) is 0 Å². The summed E-state index contributed by atoms with van der Waals surface area (Å²) in [5, 5.41) is 12.4. The molecule has 0 saturated carbocycles. The molecular formula is C13H21NO2. The summed E-state index contributed by atoms with van der Waals surface area (Å²) < 4.78 is 5.61. The molecule has 16 heavy (non-hydrogen) atoms. The van der Waals surface area contributed by atoms with Crippen LogP contribution in [0.5, 0.6) is 5.75 Å². The molecule has 0 spiro atoms. The molecule has 0 aliphatic rings. The smallest absolute Gasteiger partial charge is 0.119 e. The first-order chi connectivity index (χ1) is 7.76. The third kappa shape index (κ3) is 4.64. The van der Waals surface area contributed by atoms with E-state index in [0.717, 1.165) is 18.7 Å². The van der Waals surface area contributed by atoms with Crippen LogP contribution in [-0.2, 0) is 0 Å². The second kappa shape index (κ2) is 7.25. The molecule has 0 amide bonds. The van der Waals surface area contributed by atoms with E-state index in [9.17, 15) is 0 Å². The van der Waals surface area contributed by atoms with E-state index in [0.29, 0.717) is 6.61 Å². The zero-order valence-electron chi connectivity index (χ0n) is 10.1. The lowest BCUT2D eigenvalue weighted by Gasteiger charge is -2.16. The number of aliphatic hydroxyl groups excluding tert-OH is 1. The van der Waals surface area contributed by atoms with E-state index in [2.05, 4.69) is 12.2 Å². The number of benzene rings is 1. The third-order valence-electron chi connectivity index (χ3n) is 2.34. The standard InChI is InChI=1S/C13H21NO2/c1-3-7-14-12(9-15)10-16-13-6-4-5-11(2)8-13/h4-6,8,12,14-15H,3,7,9-10H2,1-2H3. The molecule has 0 bridgehead atoms. The van der Waals surface area contributed by atoms with Crippen LogP contribution in [0.25, 0.3) is 0 Å². The van der Waals surface area contributed by atoms with Gasteiger partial charge in [0.05, 0.1) is 12.6 Å². The van der Waals surface area contributed by atoms with Crippen molar-refractivity contribution in [3.05, 3.63) is 29.8 Å². The van der Waals surface area contributed by atoms with Gasteiger partial charge < -0.3 is 15.2 Å². The average molecular weight is 223 g/mol. The van der Waals surface area contributed by atoms with Crippen LogP contribution < -0.4 is 10.1 Å². The highest BCUT2D eigenvalue weighted by molar-refractivity contribution is 5.27. The molecule has 1 aromatic carbocycles. The molecule has 1 unspecified atom stereocenters. The number of rotatable bonds is 7. The summed E-state index contributed by atoms with van der Waals surface area (Å²) in [6.45, 7) is 5.64. The first-order valence-corrected chi connectivity index (χ1v) is 5.80. The number of nitrogens with one attached hydrogen (secondary N) is 1. The molecule has 0 aliphatic carbocycles. The quantitative estimate of drug-likeness (QED) is 0.739. The molecule has 0 aromatic heterocycles. The summed E-state index contributed by atoms with van der Waals surface area (Å²) in [5.41, 5.74) is 1.18. The molecule has 0 fully saturated rings. The van der Waals surface area contributed by atoms with Crippen LogP contribution in [0.15, 0.2) is 24.3 Å². The molecule has 0 aliphatic heterocycles. The van der Waals surface area contributed by atoms with Crippen LogP contribution in [0.1, 0.15) is 18.9 Å². The van der Waals surface area contributed by atoms with Crippen molar-refractivity contribution in [2.45, 2.75) is 26.3 Å². The summed E-state index contributed by atoms with van der Waals surface area (Å²) in [7, 11) is 0. The predicted molar refractivity (Wildman–Crippen MR) is 65.8 cm³/mol. The molecule has 0 saturated heterocycles. The molecule has 1 rings (SSSR count). The predicted octanol–water partition coefficient (Wildman–Crippen LogP) is 1.73. The van der Waals surface area contributed by atoms with E-state index in [4.69, 9.17) is 9.84 Å². The van der Waals surface area contributed by atoms with E-state index in [1.54, 1.807) is 0 Å². The highest BCUT2D eigenvalue weighted by Gasteiger charge is 2.06. The Morgan fingerprint density at radius 2 is 2.25 bits per heavy atom. The highest BCUT2D eigenvalue weighted by Crippen LogP contribution is 2.12. The second-order valence-electron chi connectivity index (χ2n) is 3.96. The monoisotopic (exact) mass is 223 g/mol. The van der Waals surface area contributed by atoms with Gasteiger partial charge in [-0.05, 0) is 37.6 Å². The Morgan fingerprint density at radius 3 is 2.88 bits per heavy atom. The highest BCUT2D eigenvalue weighted by atomic mass is 16.5. The normalized spacial score (nSPS) is 12.4. The minimum absolute atomic E-state index is 0.0143. The minimum atomic E-state index is 0.0143. The maximum atomic E-state index is 9.14. The van der Waals surface area contributed by atoms with Crippen LogP contribution in [0.4, 0.5) is 0 Å². The fourth-order valence-electron chi connectivity index (χ4n) is 1.43. The van der Waals surface area contributed by atoms with Crippen LogP contribution in [0.3, 0.4) is 0 Å². The molecule has 1 aromatic rings. The van der Waals surface area contributed by atoms with Gasteiger partial charge >= 0.3 is 0 Å². The van der Waals surface area contributed by atoms with Gasteiger partial charge in [0.2, 0.25) is 0 Å². The molecule has 90 valence electrons. The molecule has 0 heterocycles. The Labute approximate surface area is 97.4 Å². The maximum absolute atomic E-state index is 9.14. The Bertz CT molecular complexity index is 302. The third-order valence-corrected chi connectivity index (χ3v) is 2.34. The Morgan fingerprint density at radius 1 is 1.44 bits per heavy atom. The van der Waals surface area contributed by atoms with E-state index >= 15 is 0 Å². The lowest BCUT2D eigenvalue weighted by atomic mass is 10.2. The first kappa shape index (κ1) is 13.0. The van der Waals surface area contributed by atoms with Crippen molar-refractivity contribution in [3.8, 4) is 5.75 Å². The lowest BCUT2D eigenvalue weighted by Crippen LogP contribution is -2.38. The number of aliphatic hydroxyl groups is 1. The van der Waals surface area contributed by atoms with Gasteiger partial charge in [0.1, 0.15) is 12.4 Å². The van der Waals surface area contributed by atoms with Crippen LogP contribution in [-0.4, -0.2) is 30.9 Å². The van der Waals surface area contributed by atoms with Crippen molar-refractivity contribution in [2.24, 2.45) is 0 Å². The Kier molecular flexibility index (Phi) is 5.90. The number of hydrogen-bond donors (Lipinski definition) is 2. The van der Waals surface area contributed by atoms with E-state index < -0.39 is 0 Å². The summed E-state index contributed by atoms with van der Waals surface area (Å²) in [6, 6.07) is 7.94. The molecule has 3 heteroatoms. The summed E-state index contributed by atoms with van der Waals surface area (Å²) in [4.78, 5) is 0. The molecule has 0 radical (unpaired) electrons. The number of aryl methyl sites for hydroxylation is 1. The second-order valence-corrected chi connectivity index (χ2v) is 3.96. The van der Waals surface area contributed by atoms with Gasteiger partial charge in [-0.3, -0.25) is 0 Å². The lowest BCUT2D eigenvalue weighted by molar-refractivity contribution is 0.183. The Balaban J connectivity index is 2.37. The summed E-state index contributed by atoms with van der Waals surface area (Å²) >= 11 is 0. The van der Waals surface area contributed by atoms with E-state index in [1.165, 1.54) is 5.56 Å². The van der Waals surface area contributed by atoms with Gasteiger partial charge in [0, 0.05) is 0 Å². The molecular weight excluding hydrogens is 202 g/mol. The summed E-state index contributed by atoms with van der Waals surface area (Å²) in [5.74, 6) is 0.858. The van der Waals surface area contributed by atoms with Gasteiger partial charge in [-0.1, -0.05) is 19.1 Å². The fraction of sp³-hybridized carbons (Fsp3) is 0.538. The molecule has 2 N–H and O–H groups in total. The summed E-state index contributed by atoms with van der Waals surface area (Å²) in [6.07, 6.45) is 1.06. The Hall–Kier alpha value is -1.06. The van der Waals surface area contributed by atoms with Crippen LogP contribution >= 0.6 is 0 Å². The van der Waals surface area contributed by atoms with Crippen molar-refractivity contribution in [1.82, 2.24) is 5.32 Å². The average Bonchev–Trinajstić information content (AvgIpc) is 2.29. The molecule has 1 atom stereocenters. The zero-order valence-corrected chi connectivity index (χ0v) is 10.1. The fourth-order valence-corrected chi connectivity index (χ4v) is 1.43. The zero-order chi connectivity index (χ0) is 11.8. The maximum Gasteiger partial charge on any atom is 0.119 e. The topological polar surface area (TPSA) is 41.5 Å². The number of hydrogen-bond acceptors (Lipinski definition) is 3. The minimum Gasteiger partial charge on any atom is -0.492 e. The SMILES string of the molecule is CCCNC(CO)COc1cccc(C)c1. The van der Waals surface area contributed by atoms with Crippen molar-refractivity contribution < 1.29 is 9.84 Å². The van der Waals surface area contributed by atoms with Gasteiger partial charge in [-0.25, -0.2) is 0 Å². The van der Waals surface area contributed by atoms with Crippen LogP contribution in [0.2, 0.25) is 0 Å². The van der Waals surface area contributed by atoms with Crippen molar-refractivity contribution in [2.75, 3.05) is 19.8 Å². The van der Waals surface area contributed by atoms with Crippen LogP contribution in [0, 0.1) is 6.92 Å².